The van der Waals surface area contributed by atoms with Crippen LogP contribution in [0, 0.1) is 0 Å². The number of nitrogens with two attached hydrogens (primary N) is 3. The number of aliphatic hydroxyl groups excluding tert-OH is 1. The van der Waals surface area contributed by atoms with E-state index in [1.807, 2.05) is 21.1 Å². The summed E-state index contributed by atoms with van der Waals surface area (Å²) in [6, 6.07) is 0. The highest BCUT2D eigenvalue weighted by molar-refractivity contribution is 4.61. The lowest BCUT2D eigenvalue weighted by Gasteiger charge is -2.21. The molecule has 0 amide bonds. The van der Waals surface area contributed by atoms with Gasteiger partial charge in [-0.3, -0.25) is 4.90 Å². The van der Waals surface area contributed by atoms with Gasteiger partial charge in [-0.05, 0) is 166 Å². The first-order chi connectivity index (χ1) is 35.4. The molecule has 0 aromatic rings. The molecule has 0 rings (SSSR count). The summed E-state index contributed by atoms with van der Waals surface area (Å²) in [7, 11) is 14.7. The predicted molar refractivity (Wildman–Crippen MR) is 344 cm³/mol. The maximum absolute atomic E-state index is 8.37. The summed E-state index contributed by atoms with van der Waals surface area (Å²) < 4.78 is 0. The first kappa shape index (κ1) is 90.1. The quantitative estimate of drug-likeness (QED) is 0.0291. The Morgan fingerprint density at radius 3 is 0.919 bits per heavy atom. The van der Waals surface area contributed by atoms with Gasteiger partial charge in [0, 0.05) is 59.0 Å². The normalized spacial score (nSPS) is 10.5. The molecule has 12 nitrogen and oxygen atoms in total. The standard InChI is InChI=1S/C11H25N.C10H23N.C9H24N4.2C8H20N2.C8H19N.C7H16O.CH4/c1-4-6-8-10-12(3)11-9-7-5-2;1-4-5-6-7-8-9-10-11(2)3;1-10-4-7-13(8-5-11-2)9-6-12-3;1-3-4-7-10(2)8-5-6-9;1-3-6-10(7-4-2)8-5-9;1-2-3-4-5-6-7-8-9;1-2-3-4-5-6-7-8;/h4-11H2,1-3H3;4-10H2,1-3H3;10-12H,4-9H2,1-3H3;2*3-9H2,1-2H3;2-9H2,1H3;8H,2-7H2,1H3;1H4. The lowest BCUT2D eigenvalue weighted by molar-refractivity contribution is 0.279. The zero-order chi connectivity index (χ0) is 56.5. The number of nitrogens with one attached hydrogen (secondary N) is 3. The van der Waals surface area contributed by atoms with E-state index in [1.165, 1.54) is 206 Å². The molecule has 0 atom stereocenters. The van der Waals surface area contributed by atoms with Gasteiger partial charge in [0.15, 0.2) is 0 Å². The molecule has 0 saturated carbocycles. The molecule has 460 valence electrons. The molecule has 12 heteroatoms. The summed E-state index contributed by atoms with van der Waals surface area (Å²) in [5.74, 6) is 0. The lowest BCUT2D eigenvalue weighted by Crippen LogP contribution is -2.39. The Labute approximate surface area is 470 Å². The van der Waals surface area contributed by atoms with E-state index in [2.05, 4.69) is 124 Å². The first-order valence-electron chi connectivity index (χ1n) is 31.5. The van der Waals surface area contributed by atoms with E-state index in [4.69, 9.17) is 22.3 Å². The Bertz CT molecular complexity index is 755. The Balaban J connectivity index is -0.000000115. The molecule has 0 aliphatic carbocycles. The average Bonchev–Trinajstić information content (AvgIpc) is 3.38. The smallest absolute Gasteiger partial charge is 0.0431 e. The lowest BCUT2D eigenvalue weighted by atomic mass is 10.1. The van der Waals surface area contributed by atoms with Crippen LogP contribution in [0.3, 0.4) is 0 Å². The maximum Gasteiger partial charge on any atom is 0.0431 e. The summed E-state index contributed by atoms with van der Waals surface area (Å²) >= 11 is 0. The minimum Gasteiger partial charge on any atom is -0.396 e. The van der Waals surface area contributed by atoms with Crippen LogP contribution < -0.4 is 33.2 Å². The Hall–Kier alpha value is -0.480. The van der Waals surface area contributed by atoms with Crippen LogP contribution in [-0.4, -0.2) is 197 Å². The van der Waals surface area contributed by atoms with Crippen LogP contribution in [0.25, 0.3) is 0 Å². The Kier molecular flexibility index (Phi) is 112. The molecule has 0 aliphatic rings. The molecule has 0 saturated heterocycles. The van der Waals surface area contributed by atoms with Crippen LogP contribution in [0.1, 0.15) is 243 Å². The fourth-order valence-corrected chi connectivity index (χ4v) is 7.42. The van der Waals surface area contributed by atoms with E-state index < -0.39 is 0 Å². The molecule has 0 spiro atoms. The number of nitrogens with zero attached hydrogens (tertiary/aromatic N) is 5. The molecule has 0 fully saturated rings. The molecule has 0 radical (unpaired) electrons. The largest absolute Gasteiger partial charge is 0.396 e. The molecule has 0 bridgehead atoms. The molecule has 0 aliphatic heterocycles. The zero-order valence-corrected chi connectivity index (χ0v) is 53.4. The Morgan fingerprint density at radius 2 is 0.595 bits per heavy atom. The zero-order valence-electron chi connectivity index (χ0n) is 53.4. The van der Waals surface area contributed by atoms with Crippen molar-refractivity contribution in [3.63, 3.8) is 0 Å². The summed E-state index contributed by atoms with van der Waals surface area (Å²) in [5.41, 5.74) is 16.2. The van der Waals surface area contributed by atoms with Crippen molar-refractivity contribution in [3.05, 3.63) is 0 Å². The van der Waals surface area contributed by atoms with E-state index in [1.54, 1.807) is 0 Å². The number of hydrogen-bond acceptors (Lipinski definition) is 12. The first-order valence-corrected chi connectivity index (χ1v) is 31.5. The van der Waals surface area contributed by atoms with Gasteiger partial charge in [0.1, 0.15) is 0 Å². The predicted octanol–water partition coefficient (Wildman–Crippen LogP) is 12.2. The third-order valence-electron chi connectivity index (χ3n) is 12.3. The molecule has 74 heavy (non-hydrogen) atoms. The van der Waals surface area contributed by atoms with Crippen molar-refractivity contribution in [1.29, 1.82) is 0 Å². The van der Waals surface area contributed by atoms with Crippen molar-refractivity contribution in [2.75, 3.05) is 167 Å². The maximum atomic E-state index is 8.37. The van der Waals surface area contributed by atoms with Crippen LogP contribution >= 0.6 is 0 Å². The van der Waals surface area contributed by atoms with Gasteiger partial charge in [0.25, 0.3) is 0 Å². The summed E-state index contributed by atoms with van der Waals surface area (Å²) in [6.07, 6.45) is 36.9. The van der Waals surface area contributed by atoms with Gasteiger partial charge in [0.2, 0.25) is 0 Å². The third-order valence-corrected chi connectivity index (χ3v) is 12.3. The van der Waals surface area contributed by atoms with Crippen molar-refractivity contribution in [2.45, 2.75) is 243 Å². The highest BCUT2D eigenvalue weighted by atomic mass is 16.2. The minimum absolute atomic E-state index is 0. The van der Waals surface area contributed by atoms with Crippen LogP contribution in [0.4, 0.5) is 0 Å². The van der Waals surface area contributed by atoms with Gasteiger partial charge in [-0.1, -0.05) is 185 Å². The van der Waals surface area contributed by atoms with Crippen LogP contribution in [0.5, 0.6) is 0 Å². The number of likely N-dealkylation sites (N-methyl/N-ethyl adjacent to an activating group) is 3. The summed E-state index contributed by atoms with van der Waals surface area (Å²) in [4.78, 5) is 11.9. The highest BCUT2D eigenvalue weighted by Crippen LogP contribution is 2.06. The number of aliphatic hydroxyl groups is 1. The second-order valence-electron chi connectivity index (χ2n) is 20.6. The SMILES string of the molecule is C.CCCCCCCCN.CCCCCCCCN(C)C.CCCCCCCO.CCCCCN(C)CCCCC.CCCCN(C)CCCN.CCCN(CCC)CCN.CNCCN(CCNC)CCNC. The van der Waals surface area contributed by atoms with Gasteiger partial charge in [-0.15, -0.1) is 0 Å². The monoisotopic (exact) mass is 1070 g/mol. The summed E-state index contributed by atoms with van der Waals surface area (Å²) in [5, 5.41) is 17.9. The molecular weight excluding hydrogens is 915 g/mol. The van der Waals surface area contributed by atoms with Gasteiger partial charge >= 0.3 is 0 Å². The van der Waals surface area contributed by atoms with Crippen molar-refractivity contribution in [1.82, 2.24) is 40.4 Å². The van der Waals surface area contributed by atoms with Gasteiger partial charge in [0.05, 0.1) is 0 Å². The number of unbranched alkanes of at least 4 members (excludes halogenated alkanes) is 19. The number of rotatable bonds is 47. The van der Waals surface area contributed by atoms with E-state index in [0.29, 0.717) is 6.61 Å². The Morgan fingerprint density at radius 1 is 0.297 bits per heavy atom. The van der Waals surface area contributed by atoms with Gasteiger partial charge in [-0.2, -0.15) is 0 Å². The highest BCUT2D eigenvalue weighted by Gasteiger charge is 2.02. The topological polar surface area (TPSA) is 151 Å². The van der Waals surface area contributed by atoms with Crippen molar-refractivity contribution in [3.8, 4) is 0 Å². The minimum atomic E-state index is 0. The molecule has 0 unspecified atom stereocenters. The van der Waals surface area contributed by atoms with E-state index >= 15 is 0 Å². The van der Waals surface area contributed by atoms with Gasteiger partial charge < -0.3 is 57.9 Å². The van der Waals surface area contributed by atoms with E-state index in [9.17, 15) is 0 Å². The third kappa shape index (κ3) is 108. The molecule has 0 aromatic carbocycles. The van der Waals surface area contributed by atoms with E-state index in [-0.39, 0.29) is 7.43 Å². The van der Waals surface area contributed by atoms with Crippen molar-refractivity contribution in [2.24, 2.45) is 17.2 Å². The molecule has 0 heterocycles. The molecular formula is C62H151N11O. The summed E-state index contributed by atoms with van der Waals surface area (Å²) in [6.45, 7) is 36.9. The second-order valence-corrected chi connectivity index (χ2v) is 20.6. The molecule has 0 aromatic heterocycles. The van der Waals surface area contributed by atoms with Gasteiger partial charge in [-0.25, -0.2) is 0 Å². The van der Waals surface area contributed by atoms with Crippen molar-refractivity contribution >= 4 is 0 Å². The second kappa shape index (κ2) is 91.9. The fraction of sp³-hybridized carbons (Fsp3) is 1.00. The van der Waals surface area contributed by atoms with E-state index in [0.717, 1.165) is 84.8 Å². The fourth-order valence-electron chi connectivity index (χ4n) is 7.42. The van der Waals surface area contributed by atoms with Crippen LogP contribution in [0.2, 0.25) is 0 Å². The van der Waals surface area contributed by atoms with Crippen molar-refractivity contribution < 1.29 is 5.11 Å². The average molecular weight is 1070 g/mol. The molecule has 10 N–H and O–H groups in total. The van der Waals surface area contributed by atoms with Crippen LogP contribution in [-0.2, 0) is 0 Å². The van der Waals surface area contributed by atoms with Crippen LogP contribution in [0.15, 0.2) is 0 Å². The number of hydrogen-bond donors (Lipinski definition) is 7.